The summed E-state index contributed by atoms with van der Waals surface area (Å²) in [4.78, 5) is 34.8. The van der Waals surface area contributed by atoms with Crippen molar-refractivity contribution in [3.8, 4) is 17.2 Å². The van der Waals surface area contributed by atoms with Crippen LogP contribution in [-0.2, 0) is 14.3 Å². The normalized spacial score (nSPS) is 12.4. The lowest BCUT2D eigenvalue weighted by Crippen LogP contribution is -2.21. The Kier molecular flexibility index (Phi) is 7.85. The van der Waals surface area contributed by atoms with E-state index in [1.165, 1.54) is 12.1 Å². The summed E-state index contributed by atoms with van der Waals surface area (Å²) in [6.45, 7) is 2.48. The van der Waals surface area contributed by atoms with Crippen LogP contribution in [0.1, 0.15) is 24.8 Å². The van der Waals surface area contributed by atoms with E-state index in [1.807, 2.05) is 31.2 Å². The molecule has 0 aromatic heterocycles. The van der Waals surface area contributed by atoms with Crippen LogP contribution in [0, 0.1) is 17.0 Å². The second-order valence-corrected chi connectivity index (χ2v) is 7.10. The van der Waals surface area contributed by atoms with Crippen LogP contribution in [0.4, 0.5) is 11.4 Å². The van der Waals surface area contributed by atoms with Gasteiger partial charge < -0.3 is 24.3 Å². The maximum Gasteiger partial charge on any atom is 0.306 e. The number of amides is 1. The second kappa shape index (κ2) is 11.0. The Hall–Kier alpha value is -3.82. The van der Waals surface area contributed by atoms with Gasteiger partial charge in [-0.3, -0.25) is 19.7 Å². The SMILES string of the molecule is Cc1cccc(OCCCC(=O)OCC(=O)Nc2cc3c(cc2[N+](=O)[O-])OCCCO3)c1. The van der Waals surface area contributed by atoms with E-state index in [1.54, 1.807) is 0 Å². The summed E-state index contributed by atoms with van der Waals surface area (Å²) in [7, 11) is 0. The summed E-state index contributed by atoms with van der Waals surface area (Å²) in [5.41, 5.74) is 0.663. The van der Waals surface area contributed by atoms with Gasteiger partial charge >= 0.3 is 5.97 Å². The molecule has 0 saturated heterocycles. The Labute approximate surface area is 184 Å². The average Bonchev–Trinajstić information content (AvgIpc) is 2.99. The van der Waals surface area contributed by atoms with Gasteiger partial charge in [0.2, 0.25) is 0 Å². The van der Waals surface area contributed by atoms with E-state index in [9.17, 15) is 19.7 Å². The summed E-state index contributed by atoms with van der Waals surface area (Å²) in [6, 6.07) is 10.1. The van der Waals surface area contributed by atoms with Crippen molar-refractivity contribution in [1.29, 1.82) is 0 Å². The van der Waals surface area contributed by atoms with Crippen LogP contribution in [0.2, 0.25) is 0 Å². The third kappa shape index (κ3) is 6.59. The molecule has 10 heteroatoms. The largest absolute Gasteiger partial charge is 0.494 e. The van der Waals surface area contributed by atoms with Crippen LogP contribution in [0.25, 0.3) is 0 Å². The van der Waals surface area contributed by atoms with Crippen LogP contribution in [-0.4, -0.2) is 43.2 Å². The number of carbonyl (C=O) groups excluding carboxylic acids is 2. The highest BCUT2D eigenvalue weighted by Gasteiger charge is 2.23. The van der Waals surface area contributed by atoms with Crippen molar-refractivity contribution in [2.24, 2.45) is 0 Å². The van der Waals surface area contributed by atoms with Crippen molar-refractivity contribution >= 4 is 23.3 Å². The molecule has 1 aliphatic rings. The van der Waals surface area contributed by atoms with E-state index >= 15 is 0 Å². The predicted octanol–water partition coefficient (Wildman–Crippen LogP) is 3.41. The molecule has 2 aromatic rings. The molecule has 0 unspecified atom stereocenters. The van der Waals surface area contributed by atoms with E-state index < -0.39 is 23.4 Å². The molecule has 10 nitrogen and oxygen atoms in total. The molecule has 0 fully saturated rings. The number of rotatable bonds is 9. The van der Waals surface area contributed by atoms with Gasteiger partial charge in [-0.25, -0.2) is 0 Å². The molecule has 1 aliphatic heterocycles. The molecule has 3 rings (SSSR count). The third-order valence-electron chi connectivity index (χ3n) is 4.48. The summed E-state index contributed by atoms with van der Waals surface area (Å²) in [6.07, 6.45) is 1.13. The Balaban J connectivity index is 1.46. The van der Waals surface area contributed by atoms with E-state index in [2.05, 4.69) is 5.32 Å². The fraction of sp³-hybridized carbons (Fsp3) is 0.364. The molecule has 0 aliphatic carbocycles. The van der Waals surface area contributed by atoms with Crippen molar-refractivity contribution in [3.63, 3.8) is 0 Å². The topological polar surface area (TPSA) is 126 Å². The molecule has 0 saturated carbocycles. The van der Waals surface area contributed by atoms with Crippen molar-refractivity contribution in [2.45, 2.75) is 26.2 Å². The van der Waals surface area contributed by atoms with E-state index in [-0.39, 0.29) is 23.5 Å². The van der Waals surface area contributed by atoms with Crippen LogP contribution in [0.15, 0.2) is 36.4 Å². The average molecular weight is 444 g/mol. The van der Waals surface area contributed by atoms with E-state index in [0.29, 0.717) is 38.4 Å². The Morgan fingerprint density at radius 2 is 1.91 bits per heavy atom. The highest BCUT2D eigenvalue weighted by atomic mass is 16.6. The Bertz CT molecular complexity index is 992. The highest BCUT2D eigenvalue weighted by Crippen LogP contribution is 2.39. The lowest BCUT2D eigenvalue weighted by atomic mass is 10.2. The molecule has 1 heterocycles. The molecule has 0 radical (unpaired) electrons. The van der Waals surface area contributed by atoms with Gasteiger partial charge in [-0.15, -0.1) is 0 Å². The van der Waals surface area contributed by atoms with Gasteiger partial charge in [-0.05, 0) is 31.0 Å². The minimum atomic E-state index is -0.702. The van der Waals surface area contributed by atoms with Crippen molar-refractivity contribution in [2.75, 3.05) is 31.7 Å². The number of anilines is 1. The van der Waals surface area contributed by atoms with Crippen LogP contribution >= 0.6 is 0 Å². The quantitative estimate of drug-likeness (QED) is 0.270. The maximum atomic E-state index is 12.2. The van der Waals surface area contributed by atoms with Gasteiger partial charge in [-0.1, -0.05) is 12.1 Å². The highest BCUT2D eigenvalue weighted by molar-refractivity contribution is 5.95. The lowest BCUT2D eigenvalue weighted by molar-refractivity contribution is -0.384. The number of aryl methyl sites for hydroxylation is 1. The van der Waals surface area contributed by atoms with Gasteiger partial charge in [0, 0.05) is 18.9 Å². The molecule has 1 amide bonds. The molecule has 0 bridgehead atoms. The number of nitro groups is 1. The first-order valence-corrected chi connectivity index (χ1v) is 10.2. The van der Waals surface area contributed by atoms with Gasteiger partial charge in [0.15, 0.2) is 18.1 Å². The number of nitrogens with one attached hydrogen (secondary N) is 1. The van der Waals surface area contributed by atoms with Crippen LogP contribution < -0.4 is 19.5 Å². The van der Waals surface area contributed by atoms with Gasteiger partial charge in [0.25, 0.3) is 11.6 Å². The fourth-order valence-electron chi connectivity index (χ4n) is 2.97. The molecule has 32 heavy (non-hydrogen) atoms. The zero-order valence-electron chi connectivity index (χ0n) is 17.6. The second-order valence-electron chi connectivity index (χ2n) is 7.10. The van der Waals surface area contributed by atoms with Gasteiger partial charge in [0.05, 0.1) is 30.8 Å². The fourth-order valence-corrected chi connectivity index (χ4v) is 2.97. The number of carbonyl (C=O) groups is 2. The standard InChI is InChI=1S/C22H24N2O8/c1-15-5-2-6-16(11-15)29-8-3-7-22(26)32-14-21(25)23-17-12-19-20(13-18(17)24(27)28)31-10-4-9-30-19/h2,5-6,11-13H,3-4,7-10,14H2,1H3,(H,23,25). The first-order chi connectivity index (χ1) is 15.4. The number of esters is 1. The molecule has 170 valence electrons. The zero-order chi connectivity index (χ0) is 22.9. The third-order valence-corrected chi connectivity index (χ3v) is 4.48. The van der Waals surface area contributed by atoms with Crippen LogP contribution in [0.5, 0.6) is 17.2 Å². The molecular weight excluding hydrogens is 420 g/mol. The monoisotopic (exact) mass is 444 g/mol. The Morgan fingerprint density at radius 3 is 2.62 bits per heavy atom. The van der Waals surface area contributed by atoms with Crippen molar-refractivity contribution in [3.05, 3.63) is 52.1 Å². The minimum absolute atomic E-state index is 0.0631. The lowest BCUT2D eigenvalue weighted by Gasteiger charge is -2.11. The predicted molar refractivity (Wildman–Crippen MR) is 114 cm³/mol. The number of benzene rings is 2. The summed E-state index contributed by atoms with van der Waals surface area (Å²) >= 11 is 0. The number of nitrogens with zero attached hydrogens (tertiary/aromatic N) is 1. The summed E-state index contributed by atoms with van der Waals surface area (Å²) in [5, 5.41) is 13.8. The number of hydrogen-bond acceptors (Lipinski definition) is 8. The summed E-state index contributed by atoms with van der Waals surface area (Å²) in [5.74, 6) is -0.0110. The Morgan fingerprint density at radius 1 is 1.16 bits per heavy atom. The van der Waals surface area contributed by atoms with Crippen LogP contribution in [0.3, 0.4) is 0 Å². The first kappa shape index (κ1) is 22.9. The maximum absolute atomic E-state index is 12.2. The first-order valence-electron chi connectivity index (χ1n) is 10.2. The minimum Gasteiger partial charge on any atom is -0.494 e. The zero-order valence-corrected chi connectivity index (χ0v) is 17.6. The number of ether oxygens (including phenoxy) is 4. The number of nitro benzene ring substituents is 1. The molecule has 2 aromatic carbocycles. The molecule has 0 atom stereocenters. The van der Waals surface area contributed by atoms with Gasteiger partial charge in [0.1, 0.15) is 11.4 Å². The van der Waals surface area contributed by atoms with E-state index in [4.69, 9.17) is 18.9 Å². The molecule has 0 spiro atoms. The number of hydrogen-bond donors (Lipinski definition) is 1. The van der Waals surface area contributed by atoms with Crippen molar-refractivity contribution < 1.29 is 33.5 Å². The molecule has 1 N–H and O–H groups in total. The smallest absolute Gasteiger partial charge is 0.306 e. The number of fused-ring (bicyclic) bond motifs is 1. The van der Waals surface area contributed by atoms with Gasteiger partial charge in [-0.2, -0.15) is 0 Å². The molecular formula is C22H24N2O8. The van der Waals surface area contributed by atoms with Crippen molar-refractivity contribution in [1.82, 2.24) is 0 Å². The van der Waals surface area contributed by atoms with E-state index in [0.717, 1.165) is 11.3 Å². The summed E-state index contributed by atoms with van der Waals surface area (Å²) < 4.78 is 21.4.